The summed E-state index contributed by atoms with van der Waals surface area (Å²) in [6.07, 6.45) is 1.51. The largest absolute Gasteiger partial charge is 0.334 e. The molecule has 2 rings (SSSR count). The van der Waals surface area contributed by atoms with Gasteiger partial charge in [-0.15, -0.1) is 6.58 Å². The molecule has 0 aliphatic carbocycles. The monoisotopic (exact) mass is 380 g/mol. The van der Waals surface area contributed by atoms with Crippen LogP contribution in [0, 0.1) is 0 Å². The van der Waals surface area contributed by atoms with Gasteiger partial charge >= 0.3 is 6.03 Å². The number of sulfonamides is 1. The van der Waals surface area contributed by atoms with E-state index in [9.17, 15) is 18.0 Å². The molecular weight excluding hydrogens is 356 g/mol. The minimum atomic E-state index is -3.38. The molecule has 1 heterocycles. The zero-order valence-corrected chi connectivity index (χ0v) is 15.4. The summed E-state index contributed by atoms with van der Waals surface area (Å²) >= 11 is 0. The van der Waals surface area contributed by atoms with Gasteiger partial charge in [0.1, 0.15) is 0 Å². The van der Waals surface area contributed by atoms with Crippen LogP contribution in [0.25, 0.3) is 0 Å². The lowest BCUT2D eigenvalue weighted by Gasteiger charge is -2.33. The third-order valence-corrected chi connectivity index (χ3v) is 5.79. The molecule has 0 atom stereocenters. The summed E-state index contributed by atoms with van der Waals surface area (Å²) in [5.41, 5.74) is 0.750. The van der Waals surface area contributed by atoms with Gasteiger partial charge in [-0.25, -0.2) is 13.2 Å². The van der Waals surface area contributed by atoms with Gasteiger partial charge in [0.05, 0.1) is 12.3 Å². The zero-order chi connectivity index (χ0) is 19.0. The van der Waals surface area contributed by atoms with E-state index in [0.717, 1.165) is 5.56 Å². The maximum absolute atomic E-state index is 12.5. The zero-order valence-electron chi connectivity index (χ0n) is 14.6. The predicted molar refractivity (Wildman–Crippen MR) is 98.8 cm³/mol. The number of nitrogens with one attached hydrogen (secondary N) is 2. The molecule has 1 aromatic rings. The van der Waals surface area contributed by atoms with Gasteiger partial charge in [0.25, 0.3) is 0 Å². The number of carbonyl (C=O) groups excluding carboxylic acids is 2. The van der Waals surface area contributed by atoms with Crippen molar-refractivity contribution in [2.24, 2.45) is 0 Å². The van der Waals surface area contributed by atoms with Crippen LogP contribution in [0.5, 0.6) is 0 Å². The maximum Gasteiger partial charge on any atom is 0.321 e. The molecule has 8 nitrogen and oxygen atoms in total. The second kappa shape index (κ2) is 9.46. The Kier molecular flexibility index (Phi) is 7.31. The van der Waals surface area contributed by atoms with E-state index in [2.05, 4.69) is 17.2 Å². The molecule has 1 aromatic carbocycles. The van der Waals surface area contributed by atoms with Crippen LogP contribution < -0.4 is 10.6 Å². The Morgan fingerprint density at radius 1 is 1.12 bits per heavy atom. The molecule has 0 spiro atoms. The van der Waals surface area contributed by atoms with Crippen molar-refractivity contribution < 1.29 is 18.0 Å². The van der Waals surface area contributed by atoms with E-state index in [1.165, 1.54) is 10.4 Å². The van der Waals surface area contributed by atoms with Crippen molar-refractivity contribution in [1.29, 1.82) is 0 Å². The topological polar surface area (TPSA) is 98.8 Å². The van der Waals surface area contributed by atoms with Gasteiger partial charge in [0.15, 0.2) is 0 Å². The van der Waals surface area contributed by atoms with Crippen LogP contribution in [0.15, 0.2) is 43.0 Å². The maximum atomic E-state index is 12.5. The second-order valence-electron chi connectivity index (χ2n) is 5.96. The van der Waals surface area contributed by atoms with Crippen molar-refractivity contribution in [3.63, 3.8) is 0 Å². The van der Waals surface area contributed by atoms with Crippen molar-refractivity contribution in [3.05, 3.63) is 48.6 Å². The third kappa shape index (κ3) is 6.25. The highest BCUT2D eigenvalue weighted by atomic mass is 32.2. The molecule has 1 aliphatic heterocycles. The second-order valence-corrected chi connectivity index (χ2v) is 7.93. The van der Waals surface area contributed by atoms with Gasteiger partial charge < -0.3 is 5.32 Å². The van der Waals surface area contributed by atoms with Gasteiger partial charge in [-0.1, -0.05) is 36.4 Å². The number of hydrogen-bond acceptors (Lipinski definition) is 5. The molecule has 3 amide bonds. The molecule has 1 fully saturated rings. The Balaban J connectivity index is 1.78. The summed E-state index contributed by atoms with van der Waals surface area (Å²) in [4.78, 5) is 25.1. The molecule has 0 radical (unpaired) electrons. The van der Waals surface area contributed by atoms with E-state index in [1.54, 1.807) is 12.1 Å². The van der Waals surface area contributed by atoms with Gasteiger partial charge in [0.2, 0.25) is 15.9 Å². The molecule has 9 heteroatoms. The van der Waals surface area contributed by atoms with E-state index in [4.69, 9.17) is 0 Å². The molecule has 0 aromatic heterocycles. The highest BCUT2D eigenvalue weighted by molar-refractivity contribution is 7.88. The van der Waals surface area contributed by atoms with Crippen LogP contribution >= 0.6 is 0 Å². The number of nitrogens with zero attached hydrogens (tertiary/aromatic N) is 2. The normalized spacial score (nSPS) is 16.0. The molecular formula is C17H24N4O4S. The fraction of sp³-hybridized carbons (Fsp3) is 0.412. The van der Waals surface area contributed by atoms with Gasteiger partial charge in [0, 0.05) is 32.7 Å². The van der Waals surface area contributed by atoms with Crippen molar-refractivity contribution in [2.45, 2.75) is 5.75 Å². The summed E-state index contributed by atoms with van der Waals surface area (Å²) in [5.74, 6) is -0.454. The van der Waals surface area contributed by atoms with Crippen LogP contribution in [0.1, 0.15) is 5.56 Å². The Labute approximate surface area is 153 Å². The smallest absolute Gasteiger partial charge is 0.321 e. The van der Waals surface area contributed by atoms with Crippen LogP contribution in [0.3, 0.4) is 0 Å². The Morgan fingerprint density at radius 3 is 2.38 bits per heavy atom. The summed E-state index contributed by atoms with van der Waals surface area (Å²) in [5, 5.41) is 4.68. The average molecular weight is 380 g/mol. The number of piperazine rings is 1. The fourth-order valence-electron chi connectivity index (χ4n) is 2.62. The van der Waals surface area contributed by atoms with Gasteiger partial charge in [-0.05, 0) is 5.56 Å². The Morgan fingerprint density at radius 2 is 1.77 bits per heavy atom. The molecule has 0 unspecified atom stereocenters. The van der Waals surface area contributed by atoms with Crippen LogP contribution in [0.2, 0.25) is 0 Å². The fourth-order valence-corrected chi connectivity index (χ4v) is 4.14. The first-order valence-corrected chi connectivity index (χ1v) is 9.94. The van der Waals surface area contributed by atoms with E-state index >= 15 is 0 Å². The molecule has 0 bridgehead atoms. The minimum Gasteiger partial charge on any atom is -0.334 e. The summed E-state index contributed by atoms with van der Waals surface area (Å²) in [6.45, 7) is 5.32. The van der Waals surface area contributed by atoms with Crippen molar-refractivity contribution in [2.75, 3.05) is 39.3 Å². The van der Waals surface area contributed by atoms with Crippen molar-refractivity contribution in [1.82, 2.24) is 19.8 Å². The lowest BCUT2D eigenvalue weighted by atomic mass is 10.2. The predicted octanol–water partition coefficient (Wildman–Crippen LogP) is 0.146. The third-order valence-electron chi connectivity index (χ3n) is 3.94. The standard InChI is InChI=1S/C17H24N4O4S/c1-2-8-18-17(23)19-16(22)13-20-9-11-21(12-10-20)26(24,25)14-15-6-4-3-5-7-15/h2-7H,1,8-14H2,(H2,18,19,22,23). The SMILES string of the molecule is C=CCNC(=O)NC(=O)CN1CCN(S(=O)(=O)Cc2ccccc2)CC1. The summed E-state index contributed by atoms with van der Waals surface area (Å²) in [6, 6.07) is 8.47. The number of benzene rings is 1. The molecule has 142 valence electrons. The number of hydrogen-bond donors (Lipinski definition) is 2. The molecule has 2 N–H and O–H groups in total. The van der Waals surface area contributed by atoms with E-state index in [0.29, 0.717) is 26.2 Å². The van der Waals surface area contributed by atoms with Crippen molar-refractivity contribution in [3.8, 4) is 0 Å². The highest BCUT2D eigenvalue weighted by Gasteiger charge is 2.27. The van der Waals surface area contributed by atoms with Crippen LogP contribution in [0.4, 0.5) is 4.79 Å². The highest BCUT2D eigenvalue weighted by Crippen LogP contribution is 2.13. The first-order chi connectivity index (χ1) is 12.4. The van der Waals surface area contributed by atoms with Gasteiger partial charge in [-0.3, -0.25) is 15.0 Å². The molecule has 0 saturated carbocycles. The van der Waals surface area contributed by atoms with Crippen LogP contribution in [-0.4, -0.2) is 68.8 Å². The first kappa shape index (κ1) is 20.1. The van der Waals surface area contributed by atoms with E-state index in [1.807, 2.05) is 23.1 Å². The van der Waals surface area contributed by atoms with Gasteiger partial charge in [-0.2, -0.15) is 4.31 Å². The Hall–Kier alpha value is -2.23. The first-order valence-electron chi connectivity index (χ1n) is 8.33. The lowest BCUT2D eigenvalue weighted by molar-refractivity contribution is -0.121. The molecule has 1 aliphatic rings. The number of amides is 3. The van der Waals surface area contributed by atoms with E-state index in [-0.39, 0.29) is 18.8 Å². The average Bonchev–Trinajstić information content (AvgIpc) is 2.61. The van der Waals surface area contributed by atoms with E-state index < -0.39 is 22.0 Å². The quantitative estimate of drug-likeness (QED) is 0.656. The number of carbonyl (C=O) groups is 2. The van der Waals surface area contributed by atoms with Crippen molar-refractivity contribution >= 4 is 22.0 Å². The summed E-state index contributed by atoms with van der Waals surface area (Å²) < 4.78 is 26.4. The molecule has 1 saturated heterocycles. The number of rotatable bonds is 7. The lowest BCUT2D eigenvalue weighted by Crippen LogP contribution is -2.52. The molecule has 26 heavy (non-hydrogen) atoms. The number of imide groups is 1. The Bertz CT molecular complexity index is 728. The number of urea groups is 1. The van der Waals surface area contributed by atoms with Crippen LogP contribution in [-0.2, 0) is 20.6 Å². The minimum absolute atomic E-state index is 0.0300. The summed E-state index contributed by atoms with van der Waals surface area (Å²) in [7, 11) is -3.38.